The minimum Gasteiger partial charge on any atom is -0.126 e. The second-order valence-electron chi connectivity index (χ2n) is 4.81. The zero-order valence-corrected chi connectivity index (χ0v) is 13.9. The van der Waals surface area contributed by atoms with Crippen molar-refractivity contribution in [3.63, 3.8) is 0 Å². The second-order valence-corrected chi connectivity index (χ2v) is 7.94. The lowest BCUT2D eigenvalue weighted by atomic mass is 9.70. The molecule has 2 fully saturated rings. The highest BCUT2D eigenvalue weighted by Gasteiger charge is 2.77. The van der Waals surface area contributed by atoms with Crippen LogP contribution in [0.25, 0.3) is 0 Å². The molecule has 1 unspecified atom stereocenters. The van der Waals surface area contributed by atoms with Gasteiger partial charge in [0.1, 0.15) is 4.84 Å². The van der Waals surface area contributed by atoms with E-state index in [0.29, 0.717) is 18.2 Å². The quantitative estimate of drug-likeness (QED) is 0.599. The number of halogens is 7. The summed E-state index contributed by atoms with van der Waals surface area (Å²) in [6.45, 7) is 0. The third-order valence-electron chi connectivity index (χ3n) is 4.51. The second kappa shape index (κ2) is 5.10. The van der Waals surface area contributed by atoms with Gasteiger partial charge in [-0.2, -0.15) is 0 Å². The first-order valence-electron chi connectivity index (χ1n) is 5.22. The summed E-state index contributed by atoms with van der Waals surface area (Å²) in [7, 11) is 0. The summed E-state index contributed by atoms with van der Waals surface area (Å²) < 4.78 is 0. The summed E-state index contributed by atoms with van der Waals surface area (Å²) in [5.74, 6) is 0.684. The predicted molar refractivity (Wildman–Crippen MR) is 78.8 cm³/mol. The Labute approximate surface area is 136 Å². The van der Waals surface area contributed by atoms with Crippen LogP contribution in [-0.4, -0.2) is 32.7 Å². The molecule has 2 bridgehead atoms. The Balaban J connectivity index is 2.60. The molecule has 0 nitrogen and oxygen atoms in total. The molecule has 2 aliphatic carbocycles. The summed E-state index contributed by atoms with van der Waals surface area (Å²) in [6.07, 6.45) is 0.703. The van der Waals surface area contributed by atoms with Crippen LogP contribution in [-0.2, 0) is 0 Å². The molecule has 0 aliphatic heterocycles. The standard InChI is InChI=1S/C10H11Cl7/c11-2-9(3-12)4-1-5(13)10(9,8(16)17)7(15)6(4)14/h4-8H,1-3H2/t4-,5+,6-,7+,10?/m1/s1. The lowest BCUT2D eigenvalue weighted by molar-refractivity contribution is 0.159. The highest BCUT2D eigenvalue weighted by Crippen LogP contribution is 2.73. The van der Waals surface area contributed by atoms with E-state index in [0.717, 1.165) is 0 Å². The fourth-order valence-electron chi connectivity index (χ4n) is 3.57. The van der Waals surface area contributed by atoms with E-state index in [9.17, 15) is 0 Å². The van der Waals surface area contributed by atoms with Crippen LogP contribution in [0.2, 0.25) is 0 Å². The zero-order valence-electron chi connectivity index (χ0n) is 8.65. The topological polar surface area (TPSA) is 0 Å². The van der Waals surface area contributed by atoms with Gasteiger partial charge in [-0.25, -0.2) is 0 Å². The van der Waals surface area contributed by atoms with Crippen LogP contribution in [0.15, 0.2) is 0 Å². The SMILES string of the molecule is ClCC1(CCl)[C@@H]2C[C@H](Cl)C1(C(Cl)Cl)[C@@H](Cl)[C@@H]2Cl. The van der Waals surface area contributed by atoms with E-state index in [-0.39, 0.29) is 16.7 Å². The van der Waals surface area contributed by atoms with E-state index < -0.39 is 21.0 Å². The molecule has 2 aliphatic rings. The van der Waals surface area contributed by atoms with E-state index >= 15 is 0 Å². The molecular weight excluding hydrogens is 368 g/mol. The van der Waals surface area contributed by atoms with Crippen molar-refractivity contribution in [1.29, 1.82) is 0 Å². The maximum atomic E-state index is 6.45. The van der Waals surface area contributed by atoms with Crippen LogP contribution < -0.4 is 0 Å². The maximum absolute atomic E-state index is 6.45. The van der Waals surface area contributed by atoms with Gasteiger partial charge in [-0.15, -0.1) is 81.2 Å². The zero-order chi connectivity index (χ0) is 13.0. The van der Waals surface area contributed by atoms with Gasteiger partial charge in [0.2, 0.25) is 0 Å². The normalized spacial score (nSPS) is 48.0. The van der Waals surface area contributed by atoms with Gasteiger partial charge in [0.05, 0.1) is 10.8 Å². The molecule has 7 heteroatoms. The molecule has 0 spiro atoms. The summed E-state index contributed by atoms with van der Waals surface area (Å²) in [4.78, 5) is -0.737. The molecule has 2 rings (SSSR count). The van der Waals surface area contributed by atoms with Crippen LogP contribution in [0, 0.1) is 16.7 Å². The summed E-state index contributed by atoms with van der Waals surface area (Å²) in [5.41, 5.74) is -1.21. The fourth-order valence-corrected chi connectivity index (χ4v) is 7.94. The monoisotopic (exact) mass is 376 g/mol. The maximum Gasteiger partial charge on any atom is 0.116 e. The van der Waals surface area contributed by atoms with Gasteiger partial charge in [0.15, 0.2) is 0 Å². The Morgan fingerprint density at radius 2 is 1.59 bits per heavy atom. The van der Waals surface area contributed by atoms with Gasteiger partial charge in [-0.05, 0) is 12.3 Å². The molecule has 0 heterocycles. The molecule has 0 N–H and O–H groups in total. The lowest BCUT2D eigenvalue weighted by Gasteiger charge is -2.45. The minimum atomic E-state index is -0.737. The number of alkyl halides is 7. The molecule has 0 amide bonds. The van der Waals surface area contributed by atoms with E-state index in [1.807, 2.05) is 0 Å². The molecule has 2 saturated carbocycles. The van der Waals surface area contributed by atoms with Crippen LogP contribution >= 0.6 is 81.2 Å². The highest BCUT2D eigenvalue weighted by molar-refractivity contribution is 6.47. The molecule has 17 heavy (non-hydrogen) atoms. The highest BCUT2D eigenvalue weighted by atomic mass is 35.5. The number of hydrogen-bond donors (Lipinski definition) is 0. The Morgan fingerprint density at radius 3 is 1.94 bits per heavy atom. The van der Waals surface area contributed by atoms with Crippen LogP contribution in [0.4, 0.5) is 0 Å². The van der Waals surface area contributed by atoms with E-state index in [1.54, 1.807) is 0 Å². The first kappa shape index (κ1) is 15.4. The Hall–Kier alpha value is 2.03. The molecule has 0 radical (unpaired) electrons. The van der Waals surface area contributed by atoms with Gasteiger partial charge in [0.25, 0.3) is 0 Å². The van der Waals surface area contributed by atoms with Crippen LogP contribution in [0.5, 0.6) is 0 Å². The Kier molecular flexibility index (Phi) is 4.62. The average molecular weight is 379 g/mol. The smallest absolute Gasteiger partial charge is 0.116 e. The predicted octanol–water partition coefficient (Wildman–Crippen LogP) is 5.10. The van der Waals surface area contributed by atoms with Crippen molar-refractivity contribution in [2.24, 2.45) is 16.7 Å². The molecule has 0 aromatic rings. The number of fused-ring (bicyclic) bond motifs is 2. The van der Waals surface area contributed by atoms with Gasteiger partial charge in [-0.3, -0.25) is 0 Å². The van der Waals surface area contributed by atoms with Crippen molar-refractivity contribution in [3.05, 3.63) is 0 Å². The third kappa shape index (κ3) is 1.65. The molecule has 100 valence electrons. The first-order valence-corrected chi connectivity index (χ1v) is 8.47. The van der Waals surface area contributed by atoms with E-state index in [2.05, 4.69) is 0 Å². The van der Waals surface area contributed by atoms with Crippen molar-refractivity contribution < 1.29 is 0 Å². The van der Waals surface area contributed by atoms with Gasteiger partial charge >= 0.3 is 0 Å². The summed E-state index contributed by atoms with van der Waals surface area (Å²) in [5, 5.41) is -0.908. The summed E-state index contributed by atoms with van der Waals surface area (Å²) >= 11 is 43.9. The van der Waals surface area contributed by atoms with Crippen molar-refractivity contribution in [2.45, 2.75) is 27.4 Å². The average Bonchev–Trinajstić information content (AvgIpc) is 2.65. The van der Waals surface area contributed by atoms with Crippen LogP contribution in [0.1, 0.15) is 6.42 Å². The molecular formula is C10H11Cl7. The third-order valence-corrected chi connectivity index (χ3v) is 8.04. The molecule has 0 saturated heterocycles. The fraction of sp³-hybridized carbons (Fsp3) is 1.00. The lowest BCUT2D eigenvalue weighted by Crippen LogP contribution is -2.52. The summed E-state index contributed by atoms with van der Waals surface area (Å²) in [6, 6.07) is 0. The van der Waals surface area contributed by atoms with Crippen LogP contribution in [0.3, 0.4) is 0 Å². The molecule has 5 atom stereocenters. The van der Waals surface area contributed by atoms with Gasteiger partial charge < -0.3 is 0 Å². The van der Waals surface area contributed by atoms with Crippen molar-refractivity contribution in [1.82, 2.24) is 0 Å². The van der Waals surface area contributed by atoms with Crippen molar-refractivity contribution in [2.75, 3.05) is 11.8 Å². The van der Waals surface area contributed by atoms with Gasteiger partial charge in [0, 0.05) is 28.0 Å². The first-order chi connectivity index (χ1) is 7.90. The Bertz CT molecular complexity index is 303. The number of hydrogen-bond acceptors (Lipinski definition) is 0. The van der Waals surface area contributed by atoms with Crippen molar-refractivity contribution >= 4 is 81.2 Å². The number of rotatable bonds is 3. The largest absolute Gasteiger partial charge is 0.126 e. The van der Waals surface area contributed by atoms with E-state index in [4.69, 9.17) is 81.2 Å². The Morgan fingerprint density at radius 1 is 1.06 bits per heavy atom. The van der Waals surface area contributed by atoms with Crippen molar-refractivity contribution in [3.8, 4) is 0 Å². The minimum absolute atomic E-state index is 0.0594. The molecule has 0 aromatic heterocycles. The molecule has 0 aromatic carbocycles. The van der Waals surface area contributed by atoms with Gasteiger partial charge in [-0.1, -0.05) is 0 Å². The van der Waals surface area contributed by atoms with E-state index in [1.165, 1.54) is 0 Å².